The van der Waals surface area contributed by atoms with Crippen LogP contribution in [0.15, 0.2) is 78.9 Å². The van der Waals surface area contributed by atoms with Crippen molar-refractivity contribution in [2.24, 2.45) is 0 Å². The molecule has 0 saturated carbocycles. The molecular weight excluding hydrogens is 439 g/mol. The molecule has 0 radical (unpaired) electrons. The molecule has 0 unspecified atom stereocenters. The normalized spacial score (nSPS) is 18.3. The van der Waals surface area contributed by atoms with E-state index >= 15 is 0 Å². The maximum atomic E-state index is 13.2. The van der Waals surface area contributed by atoms with E-state index in [4.69, 9.17) is 0 Å². The van der Waals surface area contributed by atoms with Crippen molar-refractivity contribution in [1.82, 2.24) is 10.2 Å². The molecular formula is C27H26F3N3O. The number of para-hydroxylation sites is 1. The van der Waals surface area contributed by atoms with E-state index in [1.807, 2.05) is 54.6 Å². The molecule has 7 heteroatoms. The summed E-state index contributed by atoms with van der Waals surface area (Å²) < 4.78 is 39.7. The van der Waals surface area contributed by atoms with Crippen LogP contribution in [0.4, 0.5) is 18.9 Å². The van der Waals surface area contributed by atoms with Crippen LogP contribution in [-0.4, -0.2) is 36.1 Å². The lowest BCUT2D eigenvalue weighted by molar-refractivity contribution is -0.137. The fourth-order valence-electron chi connectivity index (χ4n) is 5.16. The van der Waals surface area contributed by atoms with Gasteiger partial charge in [0.15, 0.2) is 0 Å². The second kappa shape index (κ2) is 8.80. The number of alkyl halides is 3. The van der Waals surface area contributed by atoms with E-state index in [0.29, 0.717) is 31.6 Å². The van der Waals surface area contributed by atoms with Crippen LogP contribution in [0.2, 0.25) is 0 Å². The van der Waals surface area contributed by atoms with Crippen LogP contribution < -0.4 is 10.2 Å². The monoisotopic (exact) mass is 465 g/mol. The van der Waals surface area contributed by atoms with Crippen LogP contribution in [-0.2, 0) is 17.5 Å². The third-order valence-electron chi connectivity index (χ3n) is 7.00. The fourth-order valence-corrected chi connectivity index (χ4v) is 5.16. The van der Waals surface area contributed by atoms with E-state index in [0.717, 1.165) is 36.0 Å². The zero-order chi connectivity index (χ0) is 23.8. The van der Waals surface area contributed by atoms with Gasteiger partial charge >= 0.3 is 6.18 Å². The van der Waals surface area contributed by atoms with E-state index in [2.05, 4.69) is 15.1 Å². The van der Waals surface area contributed by atoms with Gasteiger partial charge in [-0.1, -0.05) is 54.6 Å². The predicted octanol–water partition coefficient (Wildman–Crippen LogP) is 5.30. The molecule has 0 aromatic heterocycles. The van der Waals surface area contributed by atoms with Crippen LogP contribution in [0, 0.1) is 0 Å². The lowest BCUT2D eigenvalue weighted by atomic mass is 9.85. The molecule has 2 aliphatic heterocycles. The molecule has 1 amide bonds. The van der Waals surface area contributed by atoms with E-state index in [1.165, 1.54) is 12.1 Å². The Morgan fingerprint density at radius 3 is 2.32 bits per heavy atom. The van der Waals surface area contributed by atoms with Gasteiger partial charge in [-0.25, -0.2) is 0 Å². The molecule has 4 nitrogen and oxygen atoms in total. The predicted molar refractivity (Wildman–Crippen MR) is 126 cm³/mol. The van der Waals surface area contributed by atoms with Gasteiger partial charge in [0.1, 0.15) is 5.54 Å². The summed E-state index contributed by atoms with van der Waals surface area (Å²) >= 11 is 0. The van der Waals surface area contributed by atoms with Crippen molar-refractivity contribution in [2.45, 2.75) is 31.1 Å². The SMILES string of the molecule is O=C1NCN(c2ccccc2)C12CCN(Cc1ccccc1-c1cccc(C(F)(F)F)c1)CC2. The largest absolute Gasteiger partial charge is 0.416 e. The first-order valence-corrected chi connectivity index (χ1v) is 11.5. The second-order valence-electron chi connectivity index (χ2n) is 8.97. The first-order chi connectivity index (χ1) is 16.4. The maximum Gasteiger partial charge on any atom is 0.416 e. The van der Waals surface area contributed by atoms with Gasteiger partial charge in [0.25, 0.3) is 0 Å². The fraction of sp³-hybridized carbons (Fsp3) is 0.296. The number of rotatable bonds is 4. The number of piperidine rings is 1. The van der Waals surface area contributed by atoms with Crippen LogP contribution in [0.25, 0.3) is 11.1 Å². The highest BCUT2D eigenvalue weighted by Gasteiger charge is 2.50. The van der Waals surface area contributed by atoms with Crippen LogP contribution in [0.1, 0.15) is 24.0 Å². The molecule has 2 fully saturated rings. The van der Waals surface area contributed by atoms with Gasteiger partial charge in [0.2, 0.25) is 5.91 Å². The lowest BCUT2D eigenvalue weighted by Crippen LogP contribution is -2.56. The van der Waals surface area contributed by atoms with E-state index in [-0.39, 0.29) is 5.91 Å². The summed E-state index contributed by atoms with van der Waals surface area (Å²) in [5, 5.41) is 3.02. The average Bonchev–Trinajstić information content (AvgIpc) is 3.16. The van der Waals surface area contributed by atoms with Crippen molar-refractivity contribution in [2.75, 3.05) is 24.7 Å². The Morgan fingerprint density at radius 1 is 0.882 bits per heavy atom. The molecule has 2 saturated heterocycles. The van der Waals surface area contributed by atoms with Gasteiger partial charge in [-0.15, -0.1) is 0 Å². The Balaban J connectivity index is 1.34. The Hall–Kier alpha value is -3.32. The standard InChI is InChI=1S/C27H26F3N3O/c28-27(29,30)22-9-6-8-20(17-22)24-12-5-4-7-21(24)18-32-15-13-26(14-16-32)25(34)31-19-33(26)23-10-2-1-3-11-23/h1-12,17H,13-16,18-19H2,(H,31,34). The number of likely N-dealkylation sites (tertiary alicyclic amines) is 1. The summed E-state index contributed by atoms with van der Waals surface area (Å²) in [6.45, 7) is 2.58. The van der Waals surface area contributed by atoms with Gasteiger partial charge in [0, 0.05) is 25.3 Å². The van der Waals surface area contributed by atoms with Crippen molar-refractivity contribution < 1.29 is 18.0 Å². The van der Waals surface area contributed by atoms with Crippen molar-refractivity contribution in [3.63, 3.8) is 0 Å². The second-order valence-corrected chi connectivity index (χ2v) is 8.97. The smallest absolute Gasteiger partial charge is 0.339 e. The number of nitrogens with zero attached hydrogens (tertiary/aromatic N) is 2. The van der Waals surface area contributed by atoms with Gasteiger partial charge < -0.3 is 10.2 Å². The first kappa shape index (κ1) is 22.5. The van der Waals surface area contributed by atoms with Crippen molar-refractivity contribution in [3.8, 4) is 11.1 Å². The number of hydrogen-bond acceptors (Lipinski definition) is 3. The van der Waals surface area contributed by atoms with Gasteiger partial charge in [-0.3, -0.25) is 9.69 Å². The Labute approximate surface area is 197 Å². The molecule has 2 heterocycles. The maximum absolute atomic E-state index is 13.2. The quantitative estimate of drug-likeness (QED) is 0.568. The summed E-state index contributed by atoms with van der Waals surface area (Å²) in [6, 6.07) is 23.1. The molecule has 176 valence electrons. The van der Waals surface area contributed by atoms with Crippen LogP contribution >= 0.6 is 0 Å². The zero-order valence-corrected chi connectivity index (χ0v) is 18.7. The first-order valence-electron chi connectivity index (χ1n) is 11.5. The molecule has 1 spiro atoms. The molecule has 1 N–H and O–H groups in total. The molecule has 0 atom stereocenters. The Morgan fingerprint density at radius 2 is 1.59 bits per heavy atom. The van der Waals surface area contributed by atoms with Crippen molar-refractivity contribution in [1.29, 1.82) is 0 Å². The number of hydrogen-bond donors (Lipinski definition) is 1. The number of benzene rings is 3. The molecule has 3 aromatic rings. The molecule has 0 bridgehead atoms. The lowest BCUT2D eigenvalue weighted by Gasteiger charge is -2.43. The molecule has 34 heavy (non-hydrogen) atoms. The van der Waals surface area contributed by atoms with E-state index in [1.54, 1.807) is 6.07 Å². The summed E-state index contributed by atoms with van der Waals surface area (Å²) in [7, 11) is 0. The number of anilines is 1. The molecule has 2 aliphatic rings. The molecule has 5 rings (SSSR count). The number of carbonyl (C=O) groups excluding carboxylic acids is 1. The van der Waals surface area contributed by atoms with Gasteiger partial charge in [0.05, 0.1) is 12.2 Å². The number of halogens is 3. The third-order valence-corrected chi connectivity index (χ3v) is 7.00. The number of nitrogens with one attached hydrogen (secondary N) is 1. The highest BCUT2D eigenvalue weighted by atomic mass is 19.4. The highest BCUT2D eigenvalue weighted by Crippen LogP contribution is 2.37. The summed E-state index contributed by atoms with van der Waals surface area (Å²) in [5.41, 5.74) is 2.17. The van der Waals surface area contributed by atoms with Gasteiger partial charge in [-0.05, 0) is 53.8 Å². The van der Waals surface area contributed by atoms with Gasteiger partial charge in [-0.2, -0.15) is 13.2 Å². The third kappa shape index (κ3) is 4.16. The van der Waals surface area contributed by atoms with Crippen LogP contribution in [0.5, 0.6) is 0 Å². The Kier molecular flexibility index (Phi) is 5.81. The minimum absolute atomic E-state index is 0.0698. The van der Waals surface area contributed by atoms with E-state index in [9.17, 15) is 18.0 Å². The highest BCUT2D eigenvalue weighted by molar-refractivity contribution is 5.93. The van der Waals surface area contributed by atoms with Crippen molar-refractivity contribution >= 4 is 11.6 Å². The summed E-state index contributed by atoms with van der Waals surface area (Å²) in [4.78, 5) is 17.3. The Bertz CT molecular complexity index is 1170. The average molecular weight is 466 g/mol. The zero-order valence-electron chi connectivity index (χ0n) is 18.7. The van der Waals surface area contributed by atoms with E-state index < -0.39 is 17.3 Å². The summed E-state index contributed by atoms with van der Waals surface area (Å²) in [5.74, 6) is 0.0698. The summed E-state index contributed by atoms with van der Waals surface area (Å²) in [6.07, 6.45) is -2.99. The molecule has 0 aliphatic carbocycles. The number of carbonyl (C=O) groups is 1. The topological polar surface area (TPSA) is 35.6 Å². The number of amides is 1. The minimum atomic E-state index is -4.38. The van der Waals surface area contributed by atoms with Crippen molar-refractivity contribution in [3.05, 3.63) is 90.0 Å². The molecule has 3 aromatic carbocycles. The minimum Gasteiger partial charge on any atom is -0.339 e. The van der Waals surface area contributed by atoms with Crippen LogP contribution in [0.3, 0.4) is 0 Å².